The van der Waals surface area contributed by atoms with Gasteiger partial charge in [0.1, 0.15) is 11.6 Å². The molecule has 0 aliphatic carbocycles. The molecule has 2 aromatic rings. The zero-order chi connectivity index (χ0) is 18.9. The topological polar surface area (TPSA) is 58.1 Å². The van der Waals surface area contributed by atoms with Crippen molar-refractivity contribution in [1.29, 1.82) is 0 Å². The Bertz CT molecular complexity index is 865. The molecule has 1 aromatic carbocycles. The van der Waals surface area contributed by atoms with Crippen molar-refractivity contribution in [2.45, 2.75) is 27.2 Å². The van der Waals surface area contributed by atoms with Crippen molar-refractivity contribution in [3.8, 4) is 0 Å². The van der Waals surface area contributed by atoms with Crippen molar-refractivity contribution in [1.82, 2.24) is 14.3 Å². The lowest BCUT2D eigenvalue weighted by Crippen LogP contribution is -2.46. The fraction of sp³-hybridized carbons (Fsp3) is 0.389. The predicted molar refractivity (Wildman–Crippen MR) is 103 cm³/mol. The summed E-state index contributed by atoms with van der Waals surface area (Å²) >= 11 is 6.98. The summed E-state index contributed by atoms with van der Waals surface area (Å²) < 4.78 is 18.2. The number of rotatable bonds is 2. The van der Waals surface area contributed by atoms with Crippen LogP contribution in [0.3, 0.4) is 0 Å². The highest BCUT2D eigenvalue weighted by Crippen LogP contribution is 2.36. The van der Waals surface area contributed by atoms with Crippen LogP contribution in [0.2, 0.25) is 5.02 Å². The average molecular weight is 395 g/mol. The summed E-state index contributed by atoms with van der Waals surface area (Å²) in [5, 5.41) is 3.66. The van der Waals surface area contributed by atoms with Crippen molar-refractivity contribution < 1.29 is 9.18 Å². The highest BCUT2D eigenvalue weighted by molar-refractivity contribution is 7.09. The van der Waals surface area contributed by atoms with Crippen molar-refractivity contribution in [2.75, 3.05) is 18.4 Å². The second-order valence-corrected chi connectivity index (χ2v) is 8.16. The van der Waals surface area contributed by atoms with Gasteiger partial charge in [-0.1, -0.05) is 43.2 Å². The van der Waals surface area contributed by atoms with Crippen LogP contribution >= 0.6 is 23.1 Å². The summed E-state index contributed by atoms with van der Waals surface area (Å²) in [5.41, 5.74) is 1.35. The Hall–Kier alpha value is -1.99. The molecule has 26 heavy (non-hydrogen) atoms. The van der Waals surface area contributed by atoms with Gasteiger partial charge in [0.05, 0.1) is 0 Å². The molecule has 0 saturated carbocycles. The second-order valence-electron chi connectivity index (χ2n) is 6.97. The van der Waals surface area contributed by atoms with Crippen LogP contribution in [0.1, 0.15) is 31.7 Å². The monoisotopic (exact) mass is 394 g/mol. The molecule has 0 unspecified atom stereocenters. The van der Waals surface area contributed by atoms with E-state index in [4.69, 9.17) is 11.6 Å². The van der Waals surface area contributed by atoms with E-state index in [1.807, 2.05) is 6.08 Å². The molecule has 2 amide bonds. The molecule has 3 rings (SSSR count). The summed E-state index contributed by atoms with van der Waals surface area (Å²) in [7, 11) is 0. The maximum absolute atomic E-state index is 14.1. The van der Waals surface area contributed by atoms with Gasteiger partial charge in [-0.25, -0.2) is 14.2 Å². The van der Waals surface area contributed by atoms with Crippen LogP contribution in [-0.4, -0.2) is 33.4 Å². The Balaban J connectivity index is 1.72. The first-order valence-corrected chi connectivity index (χ1v) is 9.42. The fourth-order valence-corrected chi connectivity index (χ4v) is 3.74. The number of amides is 2. The van der Waals surface area contributed by atoms with E-state index < -0.39 is 0 Å². The molecule has 1 aromatic heterocycles. The Kier molecular flexibility index (Phi) is 5.29. The first-order valence-electron chi connectivity index (χ1n) is 8.27. The normalized spacial score (nSPS) is 18.2. The second kappa shape index (κ2) is 7.32. The lowest BCUT2D eigenvalue weighted by atomic mass is 9.78. The number of nitrogens with one attached hydrogen (secondary N) is 1. The number of aryl methyl sites for hydroxylation is 1. The number of urea groups is 1. The largest absolute Gasteiger partial charge is 0.323 e. The van der Waals surface area contributed by atoms with Gasteiger partial charge < -0.3 is 4.90 Å². The van der Waals surface area contributed by atoms with E-state index in [0.29, 0.717) is 41.1 Å². The van der Waals surface area contributed by atoms with Gasteiger partial charge in [0.15, 0.2) is 0 Å². The fourth-order valence-electron chi connectivity index (χ4n) is 3.02. The van der Waals surface area contributed by atoms with E-state index in [9.17, 15) is 9.18 Å². The smallest absolute Gasteiger partial charge is 0.323 e. The Labute approximate surface area is 161 Å². The maximum Gasteiger partial charge on any atom is 0.323 e. The van der Waals surface area contributed by atoms with E-state index in [1.54, 1.807) is 24.0 Å². The van der Waals surface area contributed by atoms with Gasteiger partial charge in [0, 0.05) is 40.6 Å². The van der Waals surface area contributed by atoms with Crippen LogP contribution in [0.5, 0.6) is 0 Å². The Morgan fingerprint density at radius 2 is 2.23 bits per heavy atom. The van der Waals surface area contributed by atoms with Gasteiger partial charge in [-0.3, -0.25) is 5.32 Å². The lowest BCUT2D eigenvalue weighted by molar-refractivity contribution is 0.173. The van der Waals surface area contributed by atoms with Crippen LogP contribution in [0.4, 0.5) is 14.3 Å². The number of likely N-dealkylation sites (tertiary alicyclic amines) is 1. The first-order chi connectivity index (χ1) is 12.2. The molecule has 1 fully saturated rings. The molecular weight excluding hydrogens is 375 g/mol. The molecule has 5 nitrogen and oxygen atoms in total. The highest BCUT2D eigenvalue weighted by atomic mass is 35.5. The average Bonchev–Trinajstić information content (AvgIpc) is 2.96. The minimum atomic E-state index is -0.340. The van der Waals surface area contributed by atoms with E-state index in [1.165, 1.54) is 6.07 Å². The van der Waals surface area contributed by atoms with Crippen LogP contribution in [0.15, 0.2) is 23.8 Å². The van der Waals surface area contributed by atoms with Gasteiger partial charge in [0.2, 0.25) is 5.13 Å². The Morgan fingerprint density at radius 1 is 1.46 bits per heavy atom. The summed E-state index contributed by atoms with van der Waals surface area (Å²) in [5.74, 6) is 0.298. The molecule has 0 spiro atoms. The van der Waals surface area contributed by atoms with Crippen LogP contribution < -0.4 is 5.32 Å². The summed E-state index contributed by atoms with van der Waals surface area (Å²) in [6.45, 7) is 7.00. The third kappa shape index (κ3) is 4.22. The highest BCUT2D eigenvalue weighted by Gasteiger charge is 2.33. The summed E-state index contributed by atoms with van der Waals surface area (Å²) in [4.78, 5) is 18.4. The number of hydrogen-bond donors (Lipinski definition) is 1. The van der Waals surface area contributed by atoms with Crippen molar-refractivity contribution in [3.63, 3.8) is 0 Å². The summed E-state index contributed by atoms with van der Waals surface area (Å²) in [6, 6.07) is 4.48. The minimum Gasteiger partial charge on any atom is -0.323 e. The number of hydrogen-bond acceptors (Lipinski definition) is 4. The Morgan fingerprint density at radius 3 is 2.85 bits per heavy atom. The first kappa shape index (κ1) is 18.8. The van der Waals surface area contributed by atoms with Crippen molar-refractivity contribution in [3.05, 3.63) is 46.0 Å². The standard InChI is InChI=1S/C18H20ClFN4OS/c1-11-21-16(26-23-11)22-17(25)24-7-6-13(18(2,3)10-24)8-12-4-5-14(19)9-15(12)20/h4-5,8-9H,6-7,10H2,1-3H3,(H,21,22,23,25)/b13-8+. The molecular formula is C18H20ClFN4OS. The van der Waals surface area contributed by atoms with E-state index >= 15 is 0 Å². The van der Waals surface area contributed by atoms with Crippen molar-refractivity contribution >= 4 is 40.4 Å². The van der Waals surface area contributed by atoms with Gasteiger partial charge >= 0.3 is 6.03 Å². The SMILES string of the molecule is Cc1nsc(NC(=O)N2CC/C(=C\c3ccc(Cl)cc3F)C(C)(C)C2)n1. The third-order valence-electron chi connectivity index (χ3n) is 4.43. The van der Waals surface area contributed by atoms with E-state index in [0.717, 1.165) is 17.1 Å². The quantitative estimate of drug-likeness (QED) is 0.780. The van der Waals surface area contributed by atoms with Crippen LogP contribution in [0.25, 0.3) is 6.08 Å². The predicted octanol–water partition coefficient (Wildman–Crippen LogP) is 4.99. The van der Waals surface area contributed by atoms with Gasteiger partial charge in [0.25, 0.3) is 0 Å². The molecule has 0 atom stereocenters. The van der Waals surface area contributed by atoms with Gasteiger partial charge in [-0.05, 0) is 25.5 Å². The maximum atomic E-state index is 14.1. The molecule has 8 heteroatoms. The molecule has 1 aliphatic heterocycles. The molecule has 1 saturated heterocycles. The number of carbonyl (C=O) groups is 1. The number of aromatic nitrogens is 2. The molecule has 138 valence electrons. The number of carbonyl (C=O) groups excluding carboxylic acids is 1. The minimum absolute atomic E-state index is 0.189. The zero-order valence-corrected chi connectivity index (χ0v) is 16.4. The number of halogens is 2. The van der Waals surface area contributed by atoms with E-state index in [2.05, 4.69) is 28.5 Å². The van der Waals surface area contributed by atoms with Crippen molar-refractivity contribution in [2.24, 2.45) is 5.41 Å². The molecule has 0 bridgehead atoms. The molecule has 1 N–H and O–H groups in total. The third-order valence-corrected chi connectivity index (χ3v) is 5.38. The van der Waals surface area contributed by atoms with Crippen LogP contribution in [-0.2, 0) is 0 Å². The van der Waals surface area contributed by atoms with Crippen LogP contribution in [0, 0.1) is 18.2 Å². The molecule has 2 heterocycles. The van der Waals surface area contributed by atoms with Gasteiger partial charge in [-0.15, -0.1) is 0 Å². The zero-order valence-electron chi connectivity index (χ0n) is 14.8. The number of piperidine rings is 1. The summed E-state index contributed by atoms with van der Waals surface area (Å²) in [6.07, 6.45) is 2.55. The number of nitrogens with zero attached hydrogens (tertiary/aromatic N) is 3. The lowest BCUT2D eigenvalue weighted by Gasteiger charge is -2.40. The molecule has 0 radical (unpaired) electrons. The number of benzene rings is 1. The molecule has 1 aliphatic rings. The van der Waals surface area contributed by atoms with E-state index in [-0.39, 0.29) is 17.3 Å². The van der Waals surface area contributed by atoms with Gasteiger partial charge in [-0.2, -0.15) is 4.37 Å². The number of anilines is 1.